The molecule has 0 bridgehead atoms. The maximum absolute atomic E-state index is 12.6. The van der Waals surface area contributed by atoms with Gasteiger partial charge in [-0.15, -0.1) is 0 Å². The van der Waals surface area contributed by atoms with Gasteiger partial charge in [0.05, 0.1) is 11.7 Å². The van der Waals surface area contributed by atoms with Gasteiger partial charge in [-0.1, -0.05) is 23.7 Å². The monoisotopic (exact) mass is 375 g/mol. The lowest BCUT2D eigenvalue weighted by Crippen LogP contribution is -2.31. The number of carbonyl (C=O) groups excluding carboxylic acids is 1. The molecule has 1 fully saturated rings. The number of aromatic nitrogens is 2. The lowest BCUT2D eigenvalue weighted by atomic mass is 9.87. The fourth-order valence-electron chi connectivity index (χ4n) is 3.57. The molecule has 3 N–H and O–H groups in total. The SMILES string of the molecule is Cc1nn(C)c(C)c1CNC(=O)CC1C(C)NNC1c1ccc(Cl)cc1. The molecule has 7 heteroatoms. The minimum absolute atomic E-state index is 0.0500. The van der Waals surface area contributed by atoms with E-state index < -0.39 is 0 Å². The Morgan fingerprint density at radius 1 is 1.27 bits per heavy atom. The Bertz CT molecular complexity index is 786. The number of hydrazine groups is 1. The van der Waals surface area contributed by atoms with E-state index in [0.29, 0.717) is 18.0 Å². The Hall–Kier alpha value is -1.89. The Balaban J connectivity index is 1.64. The molecule has 1 aliphatic heterocycles. The van der Waals surface area contributed by atoms with Gasteiger partial charge in [-0.05, 0) is 38.5 Å². The second kappa shape index (κ2) is 7.78. The van der Waals surface area contributed by atoms with E-state index in [9.17, 15) is 4.79 Å². The molecule has 0 spiro atoms. The average Bonchev–Trinajstić information content (AvgIpc) is 3.07. The van der Waals surface area contributed by atoms with Crippen molar-refractivity contribution >= 4 is 17.5 Å². The van der Waals surface area contributed by atoms with E-state index in [1.165, 1.54) is 0 Å². The van der Waals surface area contributed by atoms with Crippen LogP contribution in [-0.4, -0.2) is 21.7 Å². The first kappa shape index (κ1) is 18.9. The summed E-state index contributed by atoms with van der Waals surface area (Å²) in [5.74, 6) is 0.209. The fourth-order valence-corrected chi connectivity index (χ4v) is 3.69. The molecule has 2 aromatic rings. The van der Waals surface area contributed by atoms with Crippen molar-refractivity contribution in [1.82, 2.24) is 25.9 Å². The third-order valence-corrected chi connectivity index (χ3v) is 5.56. The summed E-state index contributed by atoms with van der Waals surface area (Å²) in [6.07, 6.45) is 0.451. The molecule has 3 rings (SSSR count). The van der Waals surface area contributed by atoms with E-state index in [1.54, 1.807) is 0 Å². The first-order valence-corrected chi connectivity index (χ1v) is 9.27. The highest BCUT2D eigenvalue weighted by Crippen LogP contribution is 2.31. The average molecular weight is 376 g/mol. The second-order valence-corrected chi connectivity index (χ2v) is 7.46. The van der Waals surface area contributed by atoms with E-state index in [-0.39, 0.29) is 23.9 Å². The molecule has 1 aromatic heterocycles. The van der Waals surface area contributed by atoms with E-state index >= 15 is 0 Å². The number of rotatable bonds is 5. The van der Waals surface area contributed by atoms with Gasteiger partial charge < -0.3 is 5.32 Å². The van der Waals surface area contributed by atoms with E-state index in [2.05, 4.69) is 28.2 Å². The summed E-state index contributed by atoms with van der Waals surface area (Å²) in [6.45, 7) is 6.59. The summed E-state index contributed by atoms with van der Waals surface area (Å²) in [5, 5.41) is 8.16. The highest BCUT2D eigenvalue weighted by Gasteiger charge is 2.35. The second-order valence-electron chi connectivity index (χ2n) is 7.02. The van der Waals surface area contributed by atoms with Crippen LogP contribution in [0.2, 0.25) is 5.02 Å². The van der Waals surface area contributed by atoms with Gasteiger partial charge in [-0.25, -0.2) is 5.43 Å². The van der Waals surface area contributed by atoms with Gasteiger partial charge in [-0.2, -0.15) is 5.10 Å². The number of nitrogens with zero attached hydrogens (tertiary/aromatic N) is 2. The molecule has 1 aliphatic rings. The maximum atomic E-state index is 12.6. The lowest BCUT2D eigenvalue weighted by molar-refractivity contribution is -0.122. The molecule has 3 atom stereocenters. The number of carbonyl (C=O) groups is 1. The third-order valence-electron chi connectivity index (χ3n) is 5.31. The predicted octanol–water partition coefficient (Wildman–Crippen LogP) is 2.55. The van der Waals surface area contributed by atoms with E-state index in [4.69, 9.17) is 11.6 Å². The van der Waals surface area contributed by atoms with E-state index in [0.717, 1.165) is 22.5 Å². The first-order chi connectivity index (χ1) is 12.4. The molecule has 2 heterocycles. The van der Waals surface area contributed by atoms with Crippen LogP contribution in [-0.2, 0) is 18.4 Å². The third kappa shape index (κ3) is 3.92. The van der Waals surface area contributed by atoms with Gasteiger partial charge in [0.15, 0.2) is 0 Å². The molecule has 140 valence electrons. The van der Waals surface area contributed by atoms with Crippen LogP contribution in [0.3, 0.4) is 0 Å². The Kier molecular flexibility index (Phi) is 5.65. The summed E-state index contributed by atoms with van der Waals surface area (Å²) < 4.78 is 1.85. The van der Waals surface area contributed by atoms with Crippen molar-refractivity contribution < 1.29 is 4.79 Å². The van der Waals surface area contributed by atoms with Crippen molar-refractivity contribution in [2.24, 2.45) is 13.0 Å². The normalized spacial score (nSPS) is 22.6. The van der Waals surface area contributed by atoms with Gasteiger partial charge >= 0.3 is 0 Å². The van der Waals surface area contributed by atoms with Gasteiger partial charge in [-0.3, -0.25) is 14.9 Å². The zero-order valence-electron chi connectivity index (χ0n) is 15.6. The first-order valence-electron chi connectivity index (χ1n) is 8.89. The number of nitrogens with one attached hydrogen (secondary N) is 3. The van der Waals surface area contributed by atoms with Crippen LogP contribution >= 0.6 is 11.6 Å². The predicted molar refractivity (Wildman–Crippen MR) is 103 cm³/mol. The molecule has 1 saturated heterocycles. The minimum atomic E-state index is 0.0500. The standard InChI is InChI=1S/C19H26ClN5O/c1-11-16(19(23-22-11)14-5-7-15(20)8-6-14)9-18(26)21-10-17-12(2)24-25(4)13(17)3/h5-8,11,16,19,22-23H,9-10H2,1-4H3,(H,21,26). The minimum Gasteiger partial charge on any atom is -0.352 e. The molecule has 0 aliphatic carbocycles. The van der Waals surface area contributed by atoms with Crippen molar-refractivity contribution in [1.29, 1.82) is 0 Å². The van der Waals surface area contributed by atoms with Gasteiger partial charge in [0.25, 0.3) is 0 Å². The van der Waals surface area contributed by atoms with Gasteiger partial charge in [0, 0.05) is 48.3 Å². The molecule has 6 nitrogen and oxygen atoms in total. The number of amides is 1. The quantitative estimate of drug-likeness (QED) is 0.751. The van der Waals surface area contributed by atoms with Gasteiger partial charge in [0.1, 0.15) is 0 Å². The van der Waals surface area contributed by atoms with Crippen LogP contribution < -0.4 is 16.2 Å². The fraction of sp³-hybridized carbons (Fsp3) is 0.474. The van der Waals surface area contributed by atoms with E-state index in [1.807, 2.05) is 49.8 Å². The van der Waals surface area contributed by atoms with Crippen LogP contribution in [0.25, 0.3) is 0 Å². The summed E-state index contributed by atoms with van der Waals surface area (Å²) in [6, 6.07) is 8.05. The molecule has 0 radical (unpaired) electrons. The summed E-state index contributed by atoms with van der Waals surface area (Å²) in [7, 11) is 1.92. The summed E-state index contributed by atoms with van der Waals surface area (Å²) in [5.41, 5.74) is 10.8. The van der Waals surface area contributed by atoms with Crippen LogP contribution in [0.15, 0.2) is 24.3 Å². The highest BCUT2D eigenvalue weighted by molar-refractivity contribution is 6.30. The van der Waals surface area contributed by atoms with Crippen molar-refractivity contribution in [2.45, 2.75) is 45.8 Å². The van der Waals surface area contributed by atoms with Crippen molar-refractivity contribution in [2.75, 3.05) is 0 Å². The van der Waals surface area contributed by atoms with Gasteiger partial charge in [0.2, 0.25) is 5.91 Å². The molecule has 1 aromatic carbocycles. The topological polar surface area (TPSA) is 71.0 Å². The number of hydrogen-bond acceptors (Lipinski definition) is 4. The molecular weight excluding hydrogens is 350 g/mol. The zero-order valence-corrected chi connectivity index (χ0v) is 16.4. The summed E-state index contributed by atoms with van der Waals surface area (Å²) >= 11 is 5.99. The maximum Gasteiger partial charge on any atom is 0.220 e. The lowest BCUT2D eigenvalue weighted by Gasteiger charge is -2.21. The molecule has 3 unspecified atom stereocenters. The molecule has 0 saturated carbocycles. The van der Waals surface area contributed by atoms with Crippen molar-refractivity contribution in [3.8, 4) is 0 Å². The van der Waals surface area contributed by atoms with Crippen molar-refractivity contribution in [3.05, 3.63) is 51.8 Å². The largest absolute Gasteiger partial charge is 0.352 e. The number of benzene rings is 1. The Labute approximate surface area is 159 Å². The zero-order chi connectivity index (χ0) is 18.8. The van der Waals surface area contributed by atoms with Crippen molar-refractivity contribution in [3.63, 3.8) is 0 Å². The summed E-state index contributed by atoms with van der Waals surface area (Å²) in [4.78, 5) is 12.6. The smallest absolute Gasteiger partial charge is 0.220 e. The van der Waals surface area contributed by atoms with Crippen LogP contribution in [0.5, 0.6) is 0 Å². The molecule has 26 heavy (non-hydrogen) atoms. The number of halogens is 1. The number of aryl methyl sites for hydroxylation is 2. The Morgan fingerprint density at radius 2 is 1.96 bits per heavy atom. The number of hydrogen-bond donors (Lipinski definition) is 3. The Morgan fingerprint density at radius 3 is 2.58 bits per heavy atom. The van der Waals surface area contributed by atoms with Crippen LogP contribution in [0.4, 0.5) is 0 Å². The highest BCUT2D eigenvalue weighted by atomic mass is 35.5. The van der Waals surface area contributed by atoms with Crippen LogP contribution in [0.1, 0.15) is 41.9 Å². The molecular formula is C19H26ClN5O. The van der Waals surface area contributed by atoms with Crippen LogP contribution in [0, 0.1) is 19.8 Å². The molecule has 1 amide bonds.